The van der Waals surface area contributed by atoms with Gasteiger partial charge in [-0.3, -0.25) is 0 Å². The van der Waals surface area contributed by atoms with Gasteiger partial charge in [-0.25, -0.2) is 12.1 Å². The van der Waals surface area contributed by atoms with Crippen LogP contribution in [0.25, 0.3) is 43.8 Å². The molecule has 8 rings (SSSR count). The van der Waals surface area contributed by atoms with Crippen LogP contribution in [0.4, 0.5) is 52.7 Å². The summed E-state index contributed by atoms with van der Waals surface area (Å²) in [6.07, 6.45) is -21.2. The van der Waals surface area contributed by atoms with Crippen molar-refractivity contribution in [1.29, 1.82) is 0 Å². The van der Waals surface area contributed by atoms with E-state index in [-0.39, 0.29) is 47.2 Å². The summed E-state index contributed by atoms with van der Waals surface area (Å²) in [5, 5.41) is 5.36. The van der Waals surface area contributed by atoms with Crippen molar-refractivity contribution in [3.05, 3.63) is 202 Å². The fourth-order valence-electron chi connectivity index (χ4n) is 7.96. The molecule has 0 atom stereocenters. The second-order valence-electron chi connectivity index (χ2n) is 18.5. The number of alkyl halides is 12. The van der Waals surface area contributed by atoms with E-state index in [2.05, 4.69) is 133 Å². The summed E-state index contributed by atoms with van der Waals surface area (Å²) in [4.78, 5) is 0. The van der Waals surface area contributed by atoms with Gasteiger partial charge in [0.05, 0.1) is 0 Å². The van der Waals surface area contributed by atoms with Crippen LogP contribution in [0.5, 0.6) is 0 Å². The number of hydrogen-bond donors (Lipinski definition) is 0. The first kappa shape index (κ1) is 54.4. The Balaban J connectivity index is 0.000000208. The first-order valence-electron chi connectivity index (χ1n) is 21.5. The molecule has 0 nitrogen and oxygen atoms in total. The maximum absolute atomic E-state index is 13.1. The number of rotatable bonds is 4. The van der Waals surface area contributed by atoms with E-state index in [9.17, 15) is 52.7 Å². The minimum atomic E-state index is -5.31. The van der Waals surface area contributed by atoms with Gasteiger partial charge in [0.1, 0.15) is 0 Å². The molecule has 0 radical (unpaired) electrons. The van der Waals surface area contributed by atoms with Crippen LogP contribution in [-0.2, 0) is 54.4 Å². The summed E-state index contributed by atoms with van der Waals surface area (Å²) in [6.45, 7) is 13.9. The van der Waals surface area contributed by atoms with Gasteiger partial charge in [0.15, 0.2) is 0 Å². The zero-order valence-corrected chi connectivity index (χ0v) is 42.3. The van der Waals surface area contributed by atoms with Crippen molar-refractivity contribution in [2.45, 2.75) is 77.1 Å². The predicted octanol–water partition coefficient (Wildman–Crippen LogP) is 19.3. The summed E-state index contributed by atoms with van der Waals surface area (Å²) in [5.74, 6) is 0. The Morgan fingerprint density at radius 1 is 0.414 bits per heavy atom. The second-order valence-corrected chi connectivity index (χ2v) is 26.7. The van der Waals surface area contributed by atoms with Crippen LogP contribution in [0.15, 0.2) is 158 Å². The summed E-state index contributed by atoms with van der Waals surface area (Å²) in [6, 6.07) is 43.8. The molecule has 0 heterocycles. The molecule has 0 amide bonds. The number of halogens is 14. The summed E-state index contributed by atoms with van der Waals surface area (Å²) in [7, 11) is 11.6. The van der Waals surface area contributed by atoms with Gasteiger partial charge in [0, 0.05) is 0 Å². The molecule has 8 aromatic rings. The fourth-order valence-corrected chi connectivity index (χ4v) is 12.3. The van der Waals surface area contributed by atoms with E-state index in [1.54, 1.807) is 0 Å². The zero-order valence-electron chi connectivity index (χ0n) is 38.3. The van der Waals surface area contributed by atoms with Crippen LogP contribution in [0, 0.1) is 0 Å². The maximum Gasteiger partial charge on any atom is -0.172 e. The van der Waals surface area contributed by atoms with Crippen LogP contribution in [0.1, 0.15) is 86.1 Å². The van der Waals surface area contributed by atoms with Crippen molar-refractivity contribution in [3.63, 3.8) is 0 Å². The van der Waals surface area contributed by atoms with E-state index >= 15 is 0 Å². The van der Waals surface area contributed by atoms with Crippen molar-refractivity contribution in [2.24, 2.45) is 0 Å². The molecule has 368 valence electrons. The van der Waals surface area contributed by atoms with E-state index in [0.29, 0.717) is 0 Å². The predicted molar refractivity (Wildman–Crippen MR) is 255 cm³/mol. The minimum Gasteiger partial charge on any atom is -0.214 e. The smallest absolute Gasteiger partial charge is 0.172 e. The topological polar surface area (TPSA) is 0 Å². The van der Waals surface area contributed by atoms with E-state index in [1.165, 1.54) is 54.9 Å². The third kappa shape index (κ3) is 13.1. The largest absolute Gasteiger partial charge is 0.214 e. The average Bonchev–Trinajstić information content (AvgIpc) is 3.96. The number of hydrogen-bond acceptors (Lipinski definition) is 0. The zero-order chi connectivity index (χ0) is 51.8. The van der Waals surface area contributed by atoms with Crippen LogP contribution in [0.3, 0.4) is 0 Å². The number of fused-ring (bicyclic) bond motifs is 3. The van der Waals surface area contributed by atoms with Gasteiger partial charge < -0.3 is 0 Å². The minimum absolute atomic E-state index is 0.0554. The van der Waals surface area contributed by atoms with Crippen LogP contribution >= 0.6 is 17.0 Å². The molecular weight excluding hydrogens is 1050 g/mol. The van der Waals surface area contributed by atoms with Gasteiger partial charge in [0.2, 0.25) is 0 Å². The summed E-state index contributed by atoms with van der Waals surface area (Å²) >= 11 is -4.29. The Kier molecular flexibility index (Phi) is 16.0. The molecule has 0 fully saturated rings. The van der Waals surface area contributed by atoms with Crippen molar-refractivity contribution >= 4 is 41.8 Å². The molecule has 70 heavy (non-hydrogen) atoms. The first-order valence-corrected chi connectivity index (χ1v) is 29.0. The molecule has 0 aliphatic heterocycles. The first-order chi connectivity index (χ1) is 32.3. The van der Waals surface area contributed by atoms with Crippen LogP contribution in [-0.4, -0.2) is 3.21 Å². The Labute approximate surface area is 412 Å². The maximum atomic E-state index is 13.1. The van der Waals surface area contributed by atoms with Crippen molar-refractivity contribution in [2.75, 3.05) is 0 Å². The van der Waals surface area contributed by atoms with E-state index < -0.39 is 80.2 Å². The molecule has 0 saturated heterocycles. The van der Waals surface area contributed by atoms with Crippen LogP contribution in [0.2, 0.25) is 0 Å². The monoisotopic (exact) mass is 1090 g/mol. The third-order valence-electron chi connectivity index (χ3n) is 11.3. The molecular formula is C55H44Cl2F12Zr-2. The van der Waals surface area contributed by atoms with Crippen molar-refractivity contribution in [1.82, 2.24) is 0 Å². The average molecular weight is 1100 g/mol. The van der Waals surface area contributed by atoms with Gasteiger partial charge in [-0.2, -0.15) is 18.2 Å². The van der Waals surface area contributed by atoms with Crippen molar-refractivity contribution in [3.8, 4) is 22.3 Å². The van der Waals surface area contributed by atoms with Crippen LogP contribution < -0.4 is 0 Å². The molecule has 0 aliphatic carbocycles. The molecule has 8 aromatic carbocycles. The normalized spacial score (nSPS) is 12.6. The SMILES string of the molecule is CC(C)(C)c1cc2c(cc1-c1ccccc1)[cH-]c1cc(-c3ccccc3)c(C(C)(C)C)cc12.FC(F)(F)c1cc([C](c2cc(C(F)(F)F)cc(C(F)(F)F)c2)=[Zr]([Cl])[Cl])cc(C(F)(F)F)c1.c1cc[cH-]c1. The fraction of sp³-hybridized carbons (Fsp3) is 0.218. The Morgan fingerprint density at radius 3 is 0.971 bits per heavy atom. The third-order valence-corrected chi connectivity index (χ3v) is 15.8. The molecule has 0 aromatic heterocycles. The molecule has 0 unspecified atom stereocenters. The van der Waals surface area contributed by atoms with Gasteiger partial charge >= 0.3 is 186 Å². The standard InChI is InChI=1S/C33H33.C17H6F12.C5H5.2ClH.Zr/c1-32(2,3)30-20-26-24(18-28(30)22-13-9-7-10-14-22)17-25-19-29(23-15-11-8-12-16-23)31(21-27(25)26)33(4,5)6;18-14(19,20)10-2-8(3-11(6-10)15(21,22)23)1-9-4-12(16(24,25)26)7-13(5-9)17(27,28)29;1-2-4-5-3-1;;;/h7-21H,1-6H3;2-7H;1-5H;2*1H;/q-1;;-1;;;+2/p-2. The van der Waals surface area contributed by atoms with E-state index in [4.69, 9.17) is 17.0 Å². The summed E-state index contributed by atoms with van der Waals surface area (Å²) in [5.41, 5.74) is -1.11. The molecule has 0 aliphatic rings. The Bertz CT molecular complexity index is 2830. The van der Waals surface area contributed by atoms with Crippen molar-refractivity contribution < 1.29 is 71.6 Å². The van der Waals surface area contributed by atoms with Gasteiger partial charge in [0.25, 0.3) is 0 Å². The van der Waals surface area contributed by atoms with E-state index in [0.717, 1.165) is 0 Å². The quantitative estimate of drug-likeness (QED) is 0.122. The van der Waals surface area contributed by atoms with Gasteiger partial charge in [-0.1, -0.05) is 114 Å². The summed E-state index contributed by atoms with van der Waals surface area (Å²) < 4.78 is 157. The second kappa shape index (κ2) is 20.6. The molecule has 0 saturated carbocycles. The number of benzene rings is 6. The molecule has 0 spiro atoms. The molecule has 15 heteroatoms. The van der Waals surface area contributed by atoms with Gasteiger partial charge in [-0.15, -0.1) is 39.7 Å². The Morgan fingerprint density at radius 2 is 0.729 bits per heavy atom. The molecule has 0 bridgehead atoms. The van der Waals surface area contributed by atoms with E-state index in [1.807, 2.05) is 30.3 Å². The Hall–Kier alpha value is -4.97. The molecule has 0 N–H and O–H groups in total. The van der Waals surface area contributed by atoms with Gasteiger partial charge in [-0.05, 0) is 44.2 Å².